The molecule has 0 aliphatic carbocycles. The van der Waals surface area contributed by atoms with Gasteiger partial charge in [-0.1, -0.05) is 34.1 Å². The Labute approximate surface area is 124 Å². The van der Waals surface area contributed by atoms with Crippen LogP contribution in [0.4, 0.5) is 0 Å². The van der Waals surface area contributed by atoms with Crippen LogP contribution in [-0.4, -0.2) is 48.6 Å². The van der Waals surface area contributed by atoms with E-state index in [0.717, 1.165) is 24.1 Å². The van der Waals surface area contributed by atoms with Crippen molar-refractivity contribution in [1.29, 1.82) is 0 Å². The van der Waals surface area contributed by atoms with E-state index in [1.807, 2.05) is 0 Å². The summed E-state index contributed by atoms with van der Waals surface area (Å²) in [6.07, 6.45) is 0. The lowest BCUT2D eigenvalue weighted by Gasteiger charge is -2.43. The Hall–Kier alpha value is -0.420. The van der Waals surface area contributed by atoms with Crippen LogP contribution in [0, 0.1) is 0 Å². The summed E-state index contributed by atoms with van der Waals surface area (Å²) in [5.41, 5.74) is 7.57. The summed E-state index contributed by atoms with van der Waals surface area (Å²) < 4.78 is 1.16. The maximum atomic E-state index is 6.27. The zero-order valence-electron chi connectivity index (χ0n) is 12.0. The van der Waals surface area contributed by atoms with Crippen LogP contribution in [-0.2, 0) is 0 Å². The lowest BCUT2D eigenvalue weighted by atomic mass is 9.97. The molecule has 1 aromatic carbocycles. The van der Waals surface area contributed by atoms with Crippen molar-refractivity contribution in [3.8, 4) is 0 Å². The number of nitrogens with two attached hydrogens (primary N) is 1. The van der Waals surface area contributed by atoms with E-state index < -0.39 is 0 Å². The number of likely N-dealkylation sites (N-methyl/N-ethyl adjacent to an activating group) is 1. The Morgan fingerprint density at radius 1 is 1.32 bits per heavy atom. The lowest BCUT2D eigenvalue weighted by Crippen LogP contribution is -2.53. The van der Waals surface area contributed by atoms with E-state index in [2.05, 4.69) is 70.9 Å². The van der Waals surface area contributed by atoms with Crippen LogP contribution < -0.4 is 5.73 Å². The van der Waals surface area contributed by atoms with Gasteiger partial charge in [0, 0.05) is 36.2 Å². The van der Waals surface area contributed by atoms with Crippen LogP contribution in [0.2, 0.25) is 0 Å². The molecular weight excluding hydrogens is 302 g/mol. The molecule has 2 rings (SSSR count). The molecule has 106 valence electrons. The minimum atomic E-state index is 0.120. The van der Waals surface area contributed by atoms with E-state index in [1.54, 1.807) is 0 Å². The smallest absolute Gasteiger partial charge is 0.0508 e. The summed E-state index contributed by atoms with van der Waals surface area (Å²) >= 11 is 3.67. The molecule has 1 fully saturated rings. The van der Waals surface area contributed by atoms with Crippen LogP contribution in [0.25, 0.3) is 0 Å². The quantitative estimate of drug-likeness (QED) is 0.926. The summed E-state index contributed by atoms with van der Waals surface area (Å²) in [6, 6.07) is 9.41. The van der Waals surface area contributed by atoms with Crippen molar-refractivity contribution in [2.75, 3.05) is 26.7 Å². The SMILES string of the molecule is CC(N)C(c1ccccc1Br)N1CCN(C)C(C)C1. The Balaban J connectivity index is 2.24. The fraction of sp³-hybridized carbons (Fsp3) is 0.600. The van der Waals surface area contributed by atoms with E-state index in [4.69, 9.17) is 5.73 Å². The average Bonchev–Trinajstić information content (AvgIpc) is 2.36. The van der Waals surface area contributed by atoms with Crippen molar-refractivity contribution in [1.82, 2.24) is 9.80 Å². The first-order valence-corrected chi connectivity index (χ1v) is 7.74. The summed E-state index contributed by atoms with van der Waals surface area (Å²) in [5, 5.41) is 0. The third-order valence-electron chi connectivity index (χ3n) is 4.11. The fourth-order valence-corrected chi connectivity index (χ4v) is 3.38. The van der Waals surface area contributed by atoms with Gasteiger partial charge in [-0.05, 0) is 32.5 Å². The molecule has 0 bridgehead atoms. The average molecular weight is 326 g/mol. The van der Waals surface area contributed by atoms with Gasteiger partial charge in [-0.3, -0.25) is 4.90 Å². The highest BCUT2D eigenvalue weighted by Gasteiger charge is 2.30. The molecule has 4 heteroatoms. The molecule has 1 heterocycles. The molecule has 1 saturated heterocycles. The molecule has 3 atom stereocenters. The van der Waals surface area contributed by atoms with Gasteiger partial charge >= 0.3 is 0 Å². The third kappa shape index (κ3) is 3.37. The van der Waals surface area contributed by atoms with E-state index in [-0.39, 0.29) is 12.1 Å². The van der Waals surface area contributed by atoms with Crippen LogP contribution in [0.5, 0.6) is 0 Å². The second kappa shape index (κ2) is 6.35. The highest BCUT2D eigenvalue weighted by molar-refractivity contribution is 9.10. The highest BCUT2D eigenvalue weighted by atomic mass is 79.9. The first-order chi connectivity index (χ1) is 9.00. The maximum Gasteiger partial charge on any atom is 0.0508 e. The predicted molar refractivity (Wildman–Crippen MR) is 84.2 cm³/mol. The molecule has 0 spiro atoms. The summed E-state index contributed by atoms with van der Waals surface area (Å²) in [7, 11) is 2.20. The monoisotopic (exact) mass is 325 g/mol. The lowest BCUT2D eigenvalue weighted by molar-refractivity contribution is 0.0636. The fourth-order valence-electron chi connectivity index (χ4n) is 2.86. The van der Waals surface area contributed by atoms with Gasteiger partial charge in [0.2, 0.25) is 0 Å². The Bertz CT molecular complexity index is 422. The molecule has 1 aliphatic heterocycles. The van der Waals surface area contributed by atoms with Gasteiger partial charge < -0.3 is 10.6 Å². The first kappa shape index (κ1) is 15.0. The Morgan fingerprint density at radius 2 is 2.00 bits per heavy atom. The molecule has 3 unspecified atom stereocenters. The number of benzene rings is 1. The zero-order chi connectivity index (χ0) is 14.0. The normalized spacial score (nSPS) is 25.2. The van der Waals surface area contributed by atoms with Crippen LogP contribution in [0.1, 0.15) is 25.5 Å². The molecular formula is C15H24BrN3. The van der Waals surface area contributed by atoms with Gasteiger partial charge in [-0.2, -0.15) is 0 Å². The van der Waals surface area contributed by atoms with Gasteiger partial charge in [0.25, 0.3) is 0 Å². The molecule has 1 aromatic rings. The van der Waals surface area contributed by atoms with Gasteiger partial charge in [0.15, 0.2) is 0 Å². The minimum absolute atomic E-state index is 0.120. The predicted octanol–water partition coefficient (Wildman–Crippen LogP) is 2.47. The molecule has 0 radical (unpaired) electrons. The van der Waals surface area contributed by atoms with Crippen LogP contribution in [0.3, 0.4) is 0 Å². The van der Waals surface area contributed by atoms with E-state index >= 15 is 0 Å². The number of nitrogens with zero attached hydrogens (tertiary/aromatic N) is 2. The van der Waals surface area contributed by atoms with Crippen molar-refractivity contribution in [2.45, 2.75) is 32.0 Å². The Morgan fingerprint density at radius 3 is 2.58 bits per heavy atom. The number of rotatable bonds is 3. The second-order valence-electron chi connectivity index (χ2n) is 5.65. The summed E-state index contributed by atoms with van der Waals surface area (Å²) in [6.45, 7) is 7.64. The van der Waals surface area contributed by atoms with E-state index in [0.29, 0.717) is 6.04 Å². The molecule has 2 N–H and O–H groups in total. The number of hydrogen-bond acceptors (Lipinski definition) is 3. The largest absolute Gasteiger partial charge is 0.326 e. The second-order valence-corrected chi connectivity index (χ2v) is 6.50. The van der Waals surface area contributed by atoms with Gasteiger partial charge in [0.05, 0.1) is 6.04 Å². The first-order valence-electron chi connectivity index (χ1n) is 6.95. The third-order valence-corrected chi connectivity index (χ3v) is 4.83. The van der Waals surface area contributed by atoms with Crippen molar-refractivity contribution >= 4 is 15.9 Å². The van der Waals surface area contributed by atoms with Crippen LogP contribution >= 0.6 is 15.9 Å². The number of hydrogen-bond donors (Lipinski definition) is 1. The standard InChI is InChI=1S/C15H24BrN3/c1-11-10-19(9-8-18(11)3)15(12(2)17)13-6-4-5-7-14(13)16/h4-7,11-12,15H,8-10,17H2,1-3H3. The van der Waals surface area contributed by atoms with Crippen molar-refractivity contribution < 1.29 is 0 Å². The molecule has 0 saturated carbocycles. The van der Waals surface area contributed by atoms with Crippen molar-refractivity contribution in [2.24, 2.45) is 5.73 Å². The maximum absolute atomic E-state index is 6.27. The highest BCUT2D eigenvalue weighted by Crippen LogP contribution is 2.31. The molecule has 19 heavy (non-hydrogen) atoms. The minimum Gasteiger partial charge on any atom is -0.326 e. The molecule has 0 amide bonds. The summed E-state index contributed by atoms with van der Waals surface area (Å²) in [4.78, 5) is 4.93. The zero-order valence-corrected chi connectivity index (χ0v) is 13.6. The van der Waals surface area contributed by atoms with Crippen LogP contribution in [0.15, 0.2) is 28.7 Å². The molecule has 3 nitrogen and oxygen atoms in total. The summed E-state index contributed by atoms with van der Waals surface area (Å²) in [5.74, 6) is 0. The molecule has 1 aliphatic rings. The molecule has 0 aromatic heterocycles. The van der Waals surface area contributed by atoms with E-state index in [1.165, 1.54) is 5.56 Å². The number of piperazine rings is 1. The van der Waals surface area contributed by atoms with Crippen molar-refractivity contribution in [3.05, 3.63) is 34.3 Å². The Kier molecular flexibility index (Phi) is 5.01. The van der Waals surface area contributed by atoms with E-state index in [9.17, 15) is 0 Å². The topological polar surface area (TPSA) is 32.5 Å². The van der Waals surface area contributed by atoms with Gasteiger partial charge in [-0.15, -0.1) is 0 Å². The van der Waals surface area contributed by atoms with Crippen molar-refractivity contribution in [3.63, 3.8) is 0 Å². The van der Waals surface area contributed by atoms with Gasteiger partial charge in [0.1, 0.15) is 0 Å². The van der Waals surface area contributed by atoms with Gasteiger partial charge in [-0.25, -0.2) is 0 Å². The number of halogens is 1.